The first kappa shape index (κ1) is 11.9. The quantitative estimate of drug-likeness (QED) is 0.753. The Hall–Kier alpha value is -0.570. The summed E-state index contributed by atoms with van der Waals surface area (Å²) in [7, 11) is 0. The Morgan fingerprint density at radius 2 is 2.12 bits per heavy atom. The number of carboxylic acids is 1. The van der Waals surface area contributed by atoms with Gasteiger partial charge in [-0.05, 0) is 49.5 Å². The van der Waals surface area contributed by atoms with E-state index in [-0.39, 0.29) is 12.0 Å². The van der Waals surface area contributed by atoms with E-state index >= 15 is 0 Å². The Bertz CT molecular complexity index is 265. The molecule has 0 spiro atoms. The average Bonchev–Trinajstić information content (AvgIpc) is 2.77. The average molecular weight is 225 g/mol. The second kappa shape index (κ2) is 4.74. The van der Waals surface area contributed by atoms with Crippen molar-refractivity contribution in [2.75, 3.05) is 6.54 Å². The summed E-state index contributed by atoms with van der Waals surface area (Å²) in [4.78, 5) is 11.0. The van der Waals surface area contributed by atoms with E-state index in [4.69, 9.17) is 5.11 Å². The lowest BCUT2D eigenvalue weighted by Crippen LogP contribution is -2.43. The van der Waals surface area contributed by atoms with E-state index in [9.17, 15) is 4.79 Å². The molecular weight excluding hydrogens is 202 g/mol. The predicted molar refractivity (Wildman–Crippen MR) is 63.2 cm³/mol. The number of aliphatic carboxylic acids is 1. The maximum absolute atomic E-state index is 11.0. The molecule has 16 heavy (non-hydrogen) atoms. The maximum Gasteiger partial charge on any atom is 0.320 e. The highest BCUT2D eigenvalue weighted by molar-refractivity contribution is 5.73. The summed E-state index contributed by atoms with van der Waals surface area (Å²) in [6.07, 6.45) is 5.50. The van der Waals surface area contributed by atoms with Crippen LogP contribution in [-0.4, -0.2) is 23.7 Å². The topological polar surface area (TPSA) is 49.3 Å². The van der Waals surface area contributed by atoms with E-state index < -0.39 is 5.97 Å². The molecule has 3 heteroatoms. The molecule has 0 heterocycles. The van der Waals surface area contributed by atoms with Crippen LogP contribution >= 0.6 is 0 Å². The van der Waals surface area contributed by atoms with Gasteiger partial charge < -0.3 is 10.4 Å². The van der Waals surface area contributed by atoms with Crippen LogP contribution in [0.5, 0.6) is 0 Å². The summed E-state index contributed by atoms with van der Waals surface area (Å²) in [5.41, 5.74) is 0. The Balaban J connectivity index is 1.80. The first-order valence-corrected chi connectivity index (χ1v) is 6.54. The van der Waals surface area contributed by atoms with Crippen LogP contribution in [-0.2, 0) is 4.79 Å². The van der Waals surface area contributed by atoms with Crippen LogP contribution in [0.3, 0.4) is 0 Å². The molecule has 2 bridgehead atoms. The molecule has 2 aliphatic carbocycles. The van der Waals surface area contributed by atoms with Crippen LogP contribution in [0, 0.1) is 23.7 Å². The number of rotatable bonds is 5. The number of nitrogens with one attached hydrogen (secondary N) is 1. The highest BCUT2D eigenvalue weighted by Gasteiger charge is 2.39. The first-order chi connectivity index (χ1) is 7.58. The zero-order valence-corrected chi connectivity index (χ0v) is 10.3. The number of carboxylic acid groups (broad SMARTS) is 1. The SMILES string of the molecule is CC(C)C(NCC1CC2CCC1C2)C(=O)O. The summed E-state index contributed by atoms with van der Waals surface area (Å²) in [6.45, 7) is 4.83. The van der Waals surface area contributed by atoms with Gasteiger partial charge in [0.2, 0.25) is 0 Å². The summed E-state index contributed by atoms with van der Waals surface area (Å²) in [5, 5.41) is 12.3. The molecule has 0 aromatic carbocycles. The number of hydrogen-bond acceptors (Lipinski definition) is 2. The molecule has 92 valence electrons. The van der Waals surface area contributed by atoms with Gasteiger partial charge in [-0.25, -0.2) is 0 Å². The van der Waals surface area contributed by atoms with Crippen LogP contribution in [0.25, 0.3) is 0 Å². The highest BCUT2D eigenvalue weighted by atomic mass is 16.4. The van der Waals surface area contributed by atoms with E-state index in [1.165, 1.54) is 25.7 Å². The van der Waals surface area contributed by atoms with Crippen molar-refractivity contribution in [1.29, 1.82) is 0 Å². The highest BCUT2D eigenvalue weighted by Crippen LogP contribution is 2.47. The fraction of sp³-hybridized carbons (Fsp3) is 0.923. The smallest absolute Gasteiger partial charge is 0.320 e. The molecule has 0 amide bonds. The predicted octanol–water partition coefficient (Wildman–Crippen LogP) is 2.12. The molecule has 0 aromatic rings. The maximum atomic E-state index is 11.0. The second-order valence-corrected chi connectivity index (χ2v) is 5.90. The molecule has 0 aliphatic heterocycles. The van der Waals surface area contributed by atoms with Crippen molar-refractivity contribution < 1.29 is 9.90 Å². The summed E-state index contributed by atoms with van der Waals surface area (Å²) >= 11 is 0. The fourth-order valence-electron chi connectivity index (χ4n) is 3.51. The molecule has 4 atom stereocenters. The third kappa shape index (κ3) is 2.40. The van der Waals surface area contributed by atoms with E-state index in [0.29, 0.717) is 0 Å². The van der Waals surface area contributed by atoms with Crippen molar-refractivity contribution in [1.82, 2.24) is 5.32 Å². The molecule has 0 saturated heterocycles. The van der Waals surface area contributed by atoms with Crippen LogP contribution in [0.15, 0.2) is 0 Å². The minimum atomic E-state index is -0.710. The van der Waals surface area contributed by atoms with Crippen LogP contribution in [0.2, 0.25) is 0 Å². The summed E-state index contributed by atoms with van der Waals surface area (Å²) in [5.74, 6) is 2.01. The lowest BCUT2D eigenvalue weighted by atomic mass is 9.88. The number of hydrogen-bond donors (Lipinski definition) is 2. The Morgan fingerprint density at radius 3 is 2.56 bits per heavy atom. The van der Waals surface area contributed by atoms with Gasteiger partial charge in [-0.2, -0.15) is 0 Å². The van der Waals surface area contributed by atoms with Crippen molar-refractivity contribution in [2.45, 2.75) is 45.6 Å². The van der Waals surface area contributed by atoms with E-state index in [0.717, 1.165) is 24.3 Å². The van der Waals surface area contributed by atoms with Gasteiger partial charge in [0.1, 0.15) is 6.04 Å². The first-order valence-electron chi connectivity index (χ1n) is 6.54. The van der Waals surface area contributed by atoms with E-state index in [1.54, 1.807) is 0 Å². The normalized spacial score (nSPS) is 34.6. The monoisotopic (exact) mass is 225 g/mol. The second-order valence-electron chi connectivity index (χ2n) is 5.90. The van der Waals surface area contributed by atoms with Gasteiger partial charge in [0.25, 0.3) is 0 Å². The molecule has 2 N–H and O–H groups in total. The lowest BCUT2D eigenvalue weighted by Gasteiger charge is -2.25. The minimum Gasteiger partial charge on any atom is -0.480 e. The Kier molecular flexibility index (Phi) is 3.53. The van der Waals surface area contributed by atoms with Crippen molar-refractivity contribution in [3.05, 3.63) is 0 Å². The fourth-order valence-corrected chi connectivity index (χ4v) is 3.51. The van der Waals surface area contributed by atoms with E-state index in [2.05, 4.69) is 5.32 Å². The van der Waals surface area contributed by atoms with Crippen LogP contribution in [0.4, 0.5) is 0 Å². The van der Waals surface area contributed by atoms with Gasteiger partial charge >= 0.3 is 5.97 Å². The van der Waals surface area contributed by atoms with Gasteiger partial charge in [0.15, 0.2) is 0 Å². The molecule has 2 fully saturated rings. The van der Waals surface area contributed by atoms with E-state index in [1.807, 2.05) is 13.8 Å². The zero-order valence-electron chi connectivity index (χ0n) is 10.3. The minimum absolute atomic E-state index is 0.163. The van der Waals surface area contributed by atoms with Gasteiger partial charge in [0.05, 0.1) is 0 Å². The Morgan fingerprint density at radius 1 is 1.38 bits per heavy atom. The van der Waals surface area contributed by atoms with Crippen molar-refractivity contribution in [2.24, 2.45) is 23.7 Å². The van der Waals surface area contributed by atoms with Crippen molar-refractivity contribution >= 4 is 5.97 Å². The van der Waals surface area contributed by atoms with Gasteiger partial charge in [-0.3, -0.25) is 4.79 Å². The molecule has 2 saturated carbocycles. The Labute approximate surface area is 97.6 Å². The third-order valence-corrected chi connectivity index (χ3v) is 4.42. The van der Waals surface area contributed by atoms with Gasteiger partial charge in [0, 0.05) is 0 Å². The molecule has 3 nitrogen and oxygen atoms in total. The molecular formula is C13H23NO2. The van der Waals surface area contributed by atoms with Gasteiger partial charge in [-0.15, -0.1) is 0 Å². The zero-order chi connectivity index (χ0) is 11.7. The molecule has 0 radical (unpaired) electrons. The number of carbonyl (C=O) groups is 1. The lowest BCUT2D eigenvalue weighted by molar-refractivity contribution is -0.140. The largest absolute Gasteiger partial charge is 0.480 e. The van der Waals surface area contributed by atoms with Crippen molar-refractivity contribution in [3.63, 3.8) is 0 Å². The van der Waals surface area contributed by atoms with Crippen molar-refractivity contribution in [3.8, 4) is 0 Å². The summed E-state index contributed by atoms with van der Waals surface area (Å²) < 4.78 is 0. The van der Waals surface area contributed by atoms with Crippen LogP contribution < -0.4 is 5.32 Å². The third-order valence-electron chi connectivity index (χ3n) is 4.42. The standard InChI is InChI=1S/C13H23NO2/c1-8(2)12(13(15)16)14-7-11-6-9-3-4-10(11)5-9/h8-12,14H,3-7H2,1-2H3,(H,15,16). The number of fused-ring (bicyclic) bond motifs is 2. The van der Waals surface area contributed by atoms with Gasteiger partial charge in [-0.1, -0.05) is 20.3 Å². The summed E-state index contributed by atoms with van der Waals surface area (Å²) in [6, 6.07) is -0.376. The molecule has 4 unspecified atom stereocenters. The molecule has 2 rings (SSSR count). The molecule has 2 aliphatic rings. The van der Waals surface area contributed by atoms with Crippen LogP contribution in [0.1, 0.15) is 39.5 Å². The molecule has 0 aromatic heterocycles.